The van der Waals surface area contributed by atoms with Gasteiger partial charge in [0.1, 0.15) is 0 Å². The predicted octanol–water partition coefficient (Wildman–Crippen LogP) is 3.84. The highest BCUT2D eigenvalue weighted by molar-refractivity contribution is 7.09. The van der Waals surface area contributed by atoms with Gasteiger partial charge in [-0.3, -0.25) is 4.79 Å². The van der Waals surface area contributed by atoms with Crippen LogP contribution in [0.4, 0.5) is 0 Å². The van der Waals surface area contributed by atoms with Gasteiger partial charge in [0.25, 0.3) is 0 Å². The topological polar surface area (TPSA) is 50.2 Å². The van der Waals surface area contributed by atoms with Gasteiger partial charge >= 0.3 is 5.97 Å². The third kappa shape index (κ3) is 2.83. The Morgan fingerprint density at radius 1 is 1.32 bits per heavy atom. The lowest BCUT2D eigenvalue weighted by atomic mass is 9.65. The average molecular weight is 279 g/mol. The van der Waals surface area contributed by atoms with Gasteiger partial charge in [0.15, 0.2) is 0 Å². The molecular formula is C15H21NO2S. The fourth-order valence-electron chi connectivity index (χ4n) is 3.21. The predicted molar refractivity (Wildman–Crippen MR) is 75.5 cm³/mol. The van der Waals surface area contributed by atoms with E-state index in [-0.39, 0.29) is 6.42 Å². The van der Waals surface area contributed by atoms with E-state index in [0.29, 0.717) is 12.3 Å². The van der Waals surface area contributed by atoms with Crippen molar-refractivity contribution in [2.24, 2.45) is 11.8 Å². The second kappa shape index (κ2) is 5.61. The first-order valence-corrected chi connectivity index (χ1v) is 8.28. The quantitative estimate of drug-likeness (QED) is 0.860. The molecule has 2 fully saturated rings. The van der Waals surface area contributed by atoms with E-state index in [1.54, 1.807) is 11.3 Å². The third-order valence-electron chi connectivity index (χ3n) is 4.77. The summed E-state index contributed by atoms with van der Waals surface area (Å²) >= 11 is 1.76. The summed E-state index contributed by atoms with van der Waals surface area (Å²) in [6, 6.07) is 0. The number of aromatic nitrogens is 1. The maximum atomic E-state index is 10.6. The Morgan fingerprint density at radius 2 is 1.95 bits per heavy atom. The maximum absolute atomic E-state index is 10.6. The molecule has 2 saturated carbocycles. The number of aliphatic carboxylic acids is 1. The molecule has 0 unspecified atom stereocenters. The molecule has 2 aliphatic rings. The highest BCUT2D eigenvalue weighted by atomic mass is 32.1. The number of hydrogen-bond acceptors (Lipinski definition) is 3. The molecule has 1 N–H and O–H groups in total. The van der Waals surface area contributed by atoms with Crippen LogP contribution in [0.25, 0.3) is 0 Å². The van der Waals surface area contributed by atoms with Gasteiger partial charge in [-0.15, -0.1) is 11.3 Å². The molecule has 104 valence electrons. The van der Waals surface area contributed by atoms with E-state index in [1.807, 2.05) is 0 Å². The standard InChI is InChI=1S/C15H21NO2S/c17-13(18)8-7-12-9-19-15(16-12)14(10-3-1-4-10)11-5-2-6-11/h9-11,14H,1-8H2,(H,17,18). The van der Waals surface area contributed by atoms with Crippen molar-refractivity contribution in [3.63, 3.8) is 0 Å². The van der Waals surface area contributed by atoms with Crippen molar-refractivity contribution in [1.29, 1.82) is 0 Å². The van der Waals surface area contributed by atoms with E-state index >= 15 is 0 Å². The zero-order chi connectivity index (χ0) is 13.2. The van der Waals surface area contributed by atoms with Crippen molar-refractivity contribution >= 4 is 17.3 Å². The lowest BCUT2D eigenvalue weighted by Crippen LogP contribution is -2.30. The maximum Gasteiger partial charge on any atom is 0.303 e. The number of carboxylic acid groups (broad SMARTS) is 1. The summed E-state index contributed by atoms with van der Waals surface area (Å²) in [7, 11) is 0. The fourth-order valence-corrected chi connectivity index (χ4v) is 4.35. The first kappa shape index (κ1) is 13.1. The largest absolute Gasteiger partial charge is 0.481 e. The summed E-state index contributed by atoms with van der Waals surface area (Å²) in [5.74, 6) is 1.64. The third-order valence-corrected chi connectivity index (χ3v) is 5.76. The Morgan fingerprint density at radius 3 is 2.42 bits per heavy atom. The van der Waals surface area contributed by atoms with E-state index in [4.69, 9.17) is 10.1 Å². The first-order valence-electron chi connectivity index (χ1n) is 7.40. The summed E-state index contributed by atoms with van der Waals surface area (Å²) in [5.41, 5.74) is 0.978. The zero-order valence-corrected chi connectivity index (χ0v) is 12.0. The van der Waals surface area contributed by atoms with Gasteiger partial charge in [0.05, 0.1) is 17.1 Å². The van der Waals surface area contributed by atoms with Gasteiger partial charge in [-0.1, -0.05) is 12.8 Å². The molecule has 0 aromatic carbocycles. The molecule has 0 aliphatic heterocycles. The molecule has 2 aliphatic carbocycles. The summed E-state index contributed by atoms with van der Waals surface area (Å²) in [4.78, 5) is 15.4. The summed E-state index contributed by atoms with van der Waals surface area (Å²) in [6.45, 7) is 0. The number of aryl methyl sites for hydroxylation is 1. The van der Waals surface area contributed by atoms with Crippen LogP contribution in [0, 0.1) is 11.8 Å². The molecule has 3 nitrogen and oxygen atoms in total. The summed E-state index contributed by atoms with van der Waals surface area (Å²) < 4.78 is 0. The molecule has 19 heavy (non-hydrogen) atoms. The van der Waals surface area contributed by atoms with Crippen molar-refractivity contribution in [1.82, 2.24) is 4.98 Å². The summed E-state index contributed by atoms with van der Waals surface area (Å²) in [5, 5.41) is 12.1. The molecule has 4 heteroatoms. The molecule has 1 heterocycles. The van der Waals surface area contributed by atoms with Gasteiger partial charge in [0, 0.05) is 17.7 Å². The van der Waals surface area contributed by atoms with E-state index in [2.05, 4.69) is 5.38 Å². The highest BCUT2D eigenvalue weighted by Crippen LogP contribution is 2.50. The average Bonchev–Trinajstić information content (AvgIpc) is 2.68. The number of carbonyl (C=O) groups is 1. The normalized spacial score (nSPS) is 20.3. The van der Waals surface area contributed by atoms with Crippen LogP contribution in [0.2, 0.25) is 0 Å². The van der Waals surface area contributed by atoms with Crippen LogP contribution in [0.15, 0.2) is 5.38 Å². The number of carboxylic acids is 1. The van der Waals surface area contributed by atoms with E-state index in [1.165, 1.54) is 43.5 Å². The molecule has 0 saturated heterocycles. The van der Waals surface area contributed by atoms with Gasteiger partial charge in [0.2, 0.25) is 0 Å². The minimum atomic E-state index is -0.732. The van der Waals surface area contributed by atoms with Crippen LogP contribution in [0.3, 0.4) is 0 Å². The second-order valence-electron chi connectivity index (χ2n) is 5.98. The second-order valence-corrected chi connectivity index (χ2v) is 6.87. The smallest absolute Gasteiger partial charge is 0.303 e. The lowest BCUT2D eigenvalue weighted by Gasteiger charge is -2.41. The molecule has 0 spiro atoms. The molecule has 1 aromatic rings. The fraction of sp³-hybridized carbons (Fsp3) is 0.733. The first-order chi connectivity index (χ1) is 9.24. The van der Waals surface area contributed by atoms with Crippen molar-refractivity contribution in [2.45, 2.75) is 57.3 Å². The van der Waals surface area contributed by atoms with Crippen LogP contribution >= 0.6 is 11.3 Å². The molecule has 0 atom stereocenters. The lowest BCUT2D eigenvalue weighted by molar-refractivity contribution is -0.136. The van der Waals surface area contributed by atoms with Gasteiger partial charge in [-0.05, 0) is 37.5 Å². The number of nitrogens with zero attached hydrogens (tertiary/aromatic N) is 1. The number of rotatable bonds is 6. The van der Waals surface area contributed by atoms with Gasteiger partial charge in [-0.2, -0.15) is 0 Å². The number of hydrogen-bond donors (Lipinski definition) is 1. The van der Waals surface area contributed by atoms with Crippen LogP contribution in [-0.2, 0) is 11.2 Å². The Balaban J connectivity index is 1.69. The SMILES string of the molecule is O=C(O)CCc1csc(C(C2CCC2)C2CCC2)n1. The van der Waals surface area contributed by atoms with Crippen LogP contribution in [-0.4, -0.2) is 16.1 Å². The van der Waals surface area contributed by atoms with Crippen LogP contribution in [0.5, 0.6) is 0 Å². The van der Waals surface area contributed by atoms with Crippen molar-refractivity contribution in [3.8, 4) is 0 Å². The Hall–Kier alpha value is -0.900. The Bertz CT molecular complexity index is 435. The highest BCUT2D eigenvalue weighted by Gasteiger charge is 2.38. The van der Waals surface area contributed by atoms with Crippen molar-refractivity contribution < 1.29 is 9.90 Å². The minimum Gasteiger partial charge on any atom is -0.481 e. The van der Waals surface area contributed by atoms with Crippen LogP contribution < -0.4 is 0 Å². The molecular weight excluding hydrogens is 258 g/mol. The van der Waals surface area contributed by atoms with E-state index < -0.39 is 5.97 Å². The van der Waals surface area contributed by atoms with Crippen molar-refractivity contribution in [3.05, 3.63) is 16.1 Å². The summed E-state index contributed by atoms with van der Waals surface area (Å²) in [6.07, 6.45) is 9.00. The van der Waals surface area contributed by atoms with Crippen molar-refractivity contribution in [2.75, 3.05) is 0 Å². The zero-order valence-electron chi connectivity index (χ0n) is 11.2. The molecule has 0 amide bonds. The molecule has 3 rings (SSSR count). The monoisotopic (exact) mass is 279 g/mol. The number of thiazole rings is 1. The Labute approximate surface area is 118 Å². The molecule has 1 aromatic heterocycles. The van der Waals surface area contributed by atoms with Gasteiger partial charge < -0.3 is 5.11 Å². The molecule has 0 radical (unpaired) electrons. The van der Waals surface area contributed by atoms with Gasteiger partial charge in [-0.25, -0.2) is 4.98 Å². The Kier molecular flexibility index (Phi) is 3.87. The van der Waals surface area contributed by atoms with Crippen LogP contribution in [0.1, 0.15) is 61.6 Å². The molecule has 0 bridgehead atoms. The van der Waals surface area contributed by atoms with E-state index in [9.17, 15) is 4.79 Å². The minimum absolute atomic E-state index is 0.195. The van der Waals surface area contributed by atoms with E-state index in [0.717, 1.165) is 17.5 Å².